The summed E-state index contributed by atoms with van der Waals surface area (Å²) in [6, 6.07) is 8.87. The third-order valence-corrected chi connectivity index (χ3v) is 3.06. The van der Waals surface area contributed by atoms with E-state index in [4.69, 9.17) is 5.11 Å². The van der Waals surface area contributed by atoms with Crippen molar-refractivity contribution < 1.29 is 14.3 Å². The molecule has 3 nitrogen and oxygen atoms in total. The largest absolute Gasteiger partial charge is 0.478 e. The van der Waals surface area contributed by atoms with E-state index in [9.17, 15) is 9.18 Å². The van der Waals surface area contributed by atoms with Gasteiger partial charge in [-0.3, -0.25) is 0 Å². The second-order valence-electron chi connectivity index (χ2n) is 3.22. The predicted octanol–water partition coefficient (Wildman–Crippen LogP) is 3.07. The maximum atomic E-state index is 12.7. The van der Waals surface area contributed by atoms with Crippen LogP contribution < -0.4 is 0 Å². The molecule has 0 saturated heterocycles. The SMILES string of the molecule is O=C(O)c1cccnc1Sc1ccc(F)cc1. The third-order valence-electron chi connectivity index (χ3n) is 2.03. The summed E-state index contributed by atoms with van der Waals surface area (Å²) in [5.74, 6) is -1.35. The highest BCUT2D eigenvalue weighted by Crippen LogP contribution is 2.28. The number of rotatable bonds is 3. The minimum Gasteiger partial charge on any atom is -0.478 e. The Kier molecular flexibility index (Phi) is 3.39. The molecule has 2 rings (SSSR count). The third kappa shape index (κ3) is 2.82. The Morgan fingerprint density at radius 2 is 1.94 bits per heavy atom. The number of carboxylic acid groups (broad SMARTS) is 1. The van der Waals surface area contributed by atoms with Crippen molar-refractivity contribution >= 4 is 17.7 Å². The lowest BCUT2D eigenvalue weighted by atomic mass is 10.3. The molecule has 0 aliphatic rings. The van der Waals surface area contributed by atoms with Crippen molar-refractivity contribution in [3.63, 3.8) is 0 Å². The van der Waals surface area contributed by atoms with Gasteiger partial charge in [0.1, 0.15) is 10.8 Å². The molecule has 0 unspecified atom stereocenters. The molecule has 1 aromatic heterocycles. The molecule has 1 heterocycles. The number of benzene rings is 1. The first-order valence-electron chi connectivity index (χ1n) is 4.78. The van der Waals surface area contributed by atoms with E-state index in [1.54, 1.807) is 18.2 Å². The maximum absolute atomic E-state index is 12.7. The zero-order chi connectivity index (χ0) is 12.3. The van der Waals surface area contributed by atoms with Crippen molar-refractivity contribution in [3.05, 3.63) is 54.0 Å². The van der Waals surface area contributed by atoms with Crippen molar-refractivity contribution in [1.29, 1.82) is 0 Å². The van der Waals surface area contributed by atoms with Crippen LogP contribution in [-0.4, -0.2) is 16.1 Å². The molecule has 0 aliphatic heterocycles. The zero-order valence-corrected chi connectivity index (χ0v) is 9.45. The Labute approximate surface area is 101 Å². The average Bonchev–Trinajstić information content (AvgIpc) is 2.32. The van der Waals surface area contributed by atoms with Gasteiger partial charge in [-0.05, 0) is 36.4 Å². The smallest absolute Gasteiger partial charge is 0.338 e. The highest BCUT2D eigenvalue weighted by Gasteiger charge is 2.11. The monoisotopic (exact) mass is 249 g/mol. The molecule has 86 valence electrons. The van der Waals surface area contributed by atoms with Crippen LogP contribution in [0.3, 0.4) is 0 Å². The summed E-state index contributed by atoms with van der Waals surface area (Å²) in [6.45, 7) is 0. The van der Waals surface area contributed by atoms with Crippen LogP contribution in [0, 0.1) is 5.82 Å². The number of pyridine rings is 1. The van der Waals surface area contributed by atoms with Crippen LogP contribution in [0.1, 0.15) is 10.4 Å². The van der Waals surface area contributed by atoms with Gasteiger partial charge < -0.3 is 5.11 Å². The molecule has 0 bridgehead atoms. The zero-order valence-electron chi connectivity index (χ0n) is 8.63. The van der Waals surface area contributed by atoms with Crippen LogP contribution in [0.2, 0.25) is 0 Å². The number of hydrogen-bond acceptors (Lipinski definition) is 3. The highest BCUT2D eigenvalue weighted by molar-refractivity contribution is 7.99. The van der Waals surface area contributed by atoms with Crippen LogP contribution in [0.4, 0.5) is 4.39 Å². The normalized spacial score (nSPS) is 10.2. The molecule has 2 aromatic rings. The van der Waals surface area contributed by atoms with Crippen molar-refractivity contribution in [1.82, 2.24) is 4.98 Å². The topological polar surface area (TPSA) is 50.2 Å². The van der Waals surface area contributed by atoms with Crippen molar-refractivity contribution in [3.8, 4) is 0 Å². The van der Waals surface area contributed by atoms with Crippen molar-refractivity contribution in [2.75, 3.05) is 0 Å². The molecule has 1 N–H and O–H groups in total. The van der Waals surface area contributed by atoms with Gasteiger partial charge in [-0.15, -0.1) is 0 Å². The van der Waals surface area contributed by atoms with Gasteiger partial charge in [-0.1, -0.05) is 11.8 Å². The Balaban J connectivity index is 2.30. The van der Waals surface area contributed by atoms with Crippen LogP contribution in [0.5, 0.6) is 0 Å². The van der Waals surface area contributed by atoms with Crippen molar-refractivity contribution in [2.24, 2.45) is 0 Å². The van der Waals surface area contributed by atoms with Gasteiger partial charge in [0.15, 0.2) is 0 Å². The van der Waals surface area contributed by atoms with E-state index < -0.39 is 5.97 Å². The maximum Gasteiger partial charge on any atom is 0.338 e. The molecule has 5 heteroatoms. The first-order valence-corrected chi connectivity index (χ1v) is 5.60. The second kappa shape index (κ2) is 4.97. The molecule has 0 fully saturated rings. The minimum atomic E-state index is -1.03. The fourth-order valence-corrected chi connectivity index (χ4v) is 2.12. The van der Waals surface area contributed by atoms with Crippen molar-refractivity contribution in [2.45, 2.75) is 9.92 Å². The molecule has 0 saturated carbocycles. The standard InChI is InChI=1S/C12H8FNO2S/c13-8-3-5-9(6-4-8)17-11-10(12(15)16)2-1-7-14-11/h1-7H,(H,15,16). The summed E-state index contributed by atoms with van der Waals surface area (Å²) in [5.41, 5.74) is 0.141. The van der Waals surface area contributed by atoms with E-state index in [1.807, 2.05) is 0 Å². The van der Waals surface area contributed by atoms with Gasteiger partial charge in [-0.25, -0.2) is 14.2 Å². The van der Waals surface area contributed by atoms with Gasteiger partial charge in [0.05, 0.1) is 5.56 Å². The van der Waals surface area contributed by atoms with E-state index in [-0.39, 0.29) is 11.4 Å². The summed E-state index contributed by atoms with van der Waals surface area (Å²) >= 11 is 1.19. The van der Waals surface area contributed by atoms with Gasteiger partial charge in [0, 0.05) is 11.1 Å². The number of carbonyl (C=O) groups is 1. The van der Waals surface area contributed by atoms with Gasteiger partial charge in [0.25, 0.3) is 0 Å². The number of halogens is 1. The van der Waals surface area contributed by atoms with E-state index in [2.05, 4.69) is 4.98 Å². The van der Waals surface area contributed by atoms with Crippen LogP contribution in [-0.2, 0) is 0 Å². The molecule has 0 amide bonds. The molecular weight excluding hydrogens is 241 g/mol. The Morgan fingerprint density at radius 1 is 1.24 bits per heavy atom. The average molecular weight is 249 g/mol. The predicted molar refractivity (Wildman–Crippen MR) is 61.7 cm³/mol. The summed E-state index contributed by atoms with van der Waals surface area (Å²) in [7, 11) is 0. The fraction of sp³-hybridized carbons (Fsp3) is 0. The molecule has 1 aromatic carbocycles. The van der Waals surface area contributed by atoms with Gasteiger partial charge >= 0.3 is 5.97 Å². The summed E-state index contributed by atoms with van der Waals surface area (Å²) < 4.78 is 12.7. The molecule has 17 heavy (non-hydrogen) atoms. The highest BCUT2D eigenvalue weighted by atomic mass is 32.2. The lowest BCUT2D eigenvalue weighted by Gasteiger charge is -2.03. The number of carboxylic acids is 1. The van der Waals surface area contributed by atoms with E-state index >= 15 is 0 Å². The number of nitrogens with zero attached hydrogens (tertiary/aromatic N) is 1. The second-order valence-corrected chi connectivity index (χ2v) is 4.28. The van der Waals surface area contributed by atoms with E-state index in [1.165, 1.54) is 36.2 Å². The molecule has 0 spiro atoms. The Hall–Kier alpha value is -1.88. The lowest BCUT2D eigenvalue weighted by Crippen LogP contribution is -1.99. The van der Waals surface area contributed by atoms with Crippen LogP contribution >= 0.6 is 11.8 Å². The van der Waals surface area contributed by atoms with Crippen LogP contribution in [0.25, 0.3) is 0 Å². The van der Waals surface area contributed by atoms with E-state index in [0.717, 1.165) is 4.90 Å². The number of aromatic carboxylic acids is 1. The Morgan fingerprint density at radius 3 is 2.59 bits per heavy atom. The molecular formula is C12H8FNO2S. The van der Waals surface area contributed by atoms with Crippen LogP contribution in [0.15, 0.2) is 52.5 Å². The van der Waals surface area contributed by atoms with Gasteiger partial charge in [-0.2, -0.15) is 0 Å². The minimum absolute atomic E-state index is 0.141. The summed E-state index contributed by atoms with van der Waals surface area (Å²) in [4.78, 5) is 15.7. The number of aromatic nitrogens is 1. The first-order chi connectivity index (χ1) is 8.16. The van der Waals surface area contributed by atoms with Gasteiger partial charge in [0.2, 0.25) is 0 Å². The fourth-order valence-electron chi connectivity index (χ4n) is 1.25. The van der Waals surface area contributed by atoms with E-state index in [0.29, 0.717) is 5.03 Å². The molecule has 0 radical (unpaired) electrons. The molecule has 0 atom stereocenters. The quantitative estimate of drug-likeness (QED) is 0.908. The summed E-state index contributed by atoms with van der Waals surface area (Å²) in [5, 5.41) is 9.37. The number of hydrogen-bond donors (Lipinski definition) is 1. The first kappa shape index (κ1) is 11.6. The summed E-state index contributed by atoms with van der Waals surface area (Å²) in [6.07, 6.45) is 1.53. The Bertz CT molecular complexity index is 542. The lowest BCUT2D eigenvalue weighted by molar-refractivity contribution is 0.0692. The molecule has 0 aliphatic carbocycles.